The molecule has 0 aliphatic heterocycles. The van der Waals surface area contributed by atoms with Gasteiger partial charge in [0.2, 0.25) is 0 Å². The average molecular weight is 439 g/mol. The highest BCUT2D eigenvalue weighted by molar-refractivity contribution is 9.10. The highest BCUT2D eigenvalue weighted by atomic mass is 79.9. The van der Waals surface area contributed by atoms with Crippen molar-refractivity contribution in [2.75, 3.05) is 17.2 Å². The fourth-order valence-electron chi connectivity index (χ4n) is 2.54. The minimum absolute atomic E-state index is 0.0901. The summed E-state index contributed by atoms with van der Waals surface area (Å²) in [6.45, 7) is 1.78. The number of rotatable bonds is 6. The van der Waals surface area contributed by atoms with Gasteiger partial charge in [0, 0.05) is 21.4 Å². The van der Waals surface area contributed by atoms with E-state index < -0.39 is 0 Å². The van der Waals surface area contributed by atoms with Crippen LogP contribution in [0.25, 0.3) is 0 Å². The van der Waals surface area contributed by atoms with Crippen LogP contribution in [-0.4, -0.2) is 18.4 Å². The molecule has 0 spiro atoms. The molecular weight excluding hydrogens is 420 g/mol. The monoisotopic (exact) mass is 438 g/mol. The molecular formula is C22H19BrN2O3. The second-order valence-corrected chi connectivity index (χ2v) is 7.06. The van der Waals surface area contributed by atoms with Crippen LogP contribution in [0.4, 0.5) is 11.4 Å². The summed E-state index contributed by atoms with van der Waals surface area (Å²) >= 11 is 3.35. The van der Waals surface area contributed by atoms with E-state index in [4.69, 9.17) is 4.74 Å². The molecule has 3 aromatic rings. The van der Waals surface area contributed by atoms with Crippen molar-refractivity contribution in [3.63, 3.8) is 0 Å². The Hall–Kier alpha value is -3.12. The van der Waals surface area contributed by atoms with Crippen molar-refractivity contribution in [1.82, 2.24) is 0 Å². The normalized spacial score (nSPS) is 10.2. The summed E-state index contributed by atoms with van der Waals surface area (Å²) in [5.74, 6) is 0.181. The van der Waals surface area contributed by atoms with E-state index >= 15 is 0 Å². The molecule has 0 bridgehead atoms. The van der Waals surface area contributed by atoms with Gasteiger partial charge in [-0.05, 0) is 67.1 Å². The summed E-state index contributed by atoms with van der Waals surface area (Å²) in [4.78, 5) is 24.4. The molecule has 0 aliphatic carbocycles. The van der Waals surface area contributed by atoms with Crippen molar-refractivity contribution in [2.24, 2.45) is 0 Å². The van der Waals surface area contributed by atoms with Crippen molar-refractivity contribution < 1.29 is 14.3 Å². The number of anilines is 2. The predicted molar refractivity (Wildman–Crippen MR) is 114 cm³/mol. The molecule has 6 heteroatoms. The molecule has 28 heavy (non-hydrogen) atoms. The third-order valence-corrected chi connectivity index (χ3v) is 4.51. The first-order valence-electron chi connectivity index (χ1n) is 8.66. The van der Waals surface area contributed by atoms with Gasteiger partial charge in [-0.15, -0.1) is 0 Å². The smallest absolute Gasteiger partial charge is 0.262 e. The summed E-state index contributed by atoms with van der Waals surface area (Å²) in [6.07, 6.45) is 0. The fourth-order valence-corrected chi connectivity index (χ4v) is 2.81. The number of ether oxygens (including phenoxy) is 1. The van der Waals surface area contributed by atoms with Crippen LogP contribution in [0.15, 0.2) is 77.3 Å². The van der Waals surface area contributed by atoms with Crippen molar-refractivity contribution in [2.45, 2.75) is 6.92 Å². The Labute approximate surface area is 171 Å². The van der Waals surface area contributed by atoms with E-state index in [2.05, 4.69) is 26.6 Å². The average Bonchev–Trinajstić information content (AvgIpc) is 2.70. The molecule has 0 saturated heterocycles. The maximum absolute atomic E-state index is 12.3. The van der Waals surface area contributed by atoms with Gasteiger partial charge in [0.1, 0.15) is 5.75 Å². The Morgan fingerprint density at radius 1 is 0.929 bits per heavy atom. The van der Waals surface area contributed by atoms with E-state index in [1.165, 1.54) is 0 Å². The van der Waals surface area contributed by atoms with Crippen LogP contribution in [0.3, 0.4) is 0 Å². The molecule has 0 unspecified atom stereocenters. The molecule has 142 valence electrons. The van der Waals surface area contributed by atoms with Crippen molar-refractivity contribution in [1.29, 1.82) is 0 Å². The first-order chi connectivity index (χ1) is 13.5. The van der Waals surface area contributed by atoms with Crippen LogP contribution < -0.4 is 15.4 Å². The maximum Gasteiger partial charge on any atom is 0.262 e. The first-order valence-corrected chi connectivity index (χ1v) is 9.46. The minimum Gasteiger partial charge on any atom is -0.484 e. The zero-order valence-corrected chi connectivity index (χ0v) is 16.8. The van der Waals surface area contributed by atoms with Crippen LogP contribution >= 0.6 is 15.9 Å². The topological polar surface area (TPSA) is 67.4 Å². The van der Waals surface area contributed by atoms with Crippen LogP contribution in [0, 0.1) is 6.92 Å². The lowest BCUT2D eigenvalue weighted by atomic mass is 10.1. The number of nitrogens with one attached hydrogen (secondary N) is 2. The number of benzene rings is 3. The Morgan fingerprint density at radius 3 is 2.32 bits per heavy atom. The van der Waals surface area contributed by atoms with Crippen LogP contribution in [0.2, 0.25) is 0 Å². The largest absolute Gasteiger partial charge is 0.484 e. The number of halogens is 1. The minimum atomic E-state index is -0.261. The molecule has 0 heterocycles. The summed E-state index contributed by atoms with van der Waals surface area (Å²) < 4.78 is 6.40. The molecule has 0 atom stereocenters. The third kappa shape index (κ3) is 5.44. The van der Waals surface area contributed by atoms with Crippen molar-refractivity contribution in [3.8, 4) is 5.75 Å². The van der Waals surface area contributed by atoms with Gasteiger partial charge >= 0.3 is 0 Å². The van der Waals surface area contributed by atoms with E-state index in [-0.39, 0.29) is 18.4 Å². The van der Waals surface area contributed by atoms with E-state index in [1.807, 2.05) is 37.3 Å². The lowest BCUT2D eigenvalue weighted by Gasteiger charge is -2.12. The van der Waals surface area contributed by atoms with E-state index in [1.54, 1.807) is 42.5 Å². The summed E-state index contributed by atoms with van der Waals surface area (Å²) in [5.41, 5.74) is 2.76. The lowest BCUT2D eigenvalue weighted by molar-refractivity contribution is -0.118. The highest BCUT2D eigenvalue weighted by Crippen LogP contribution is 2.21. The maximum atomic E-state index is 12.3. The standard InChI is InChI=1S/C22H19BrN2O3/c1-15-13-18(24-21(26)14-28-19-10-7-17(23)8-11-19)9-12-20(15)25-22(27)16-5-3-2-4-6-16/h2-13H,14H2,1H3,(H,24,26)(H,25,27). The summed E-state index contributed by atoms with van der Waals surface area (Å²) in [6, 6.07) is 21.6. The molecule has 2 N–H and O–H groups in total. The van der Waals surface area contributed by atoms with Gasteiger partial charge in [0.15, 0.2) is 6.61 Å². The number of amides is 2. The number of hydrogen-bond donors (Lipinski definition) is 2. The van der Waals surface area contributed by atoms with Gasteiger partial charge in [0.25, 0.3) is 11.8 Å². The number of hydrogen-bond acceptors (Lipinski definition) is 3. The Kier molecular flexibility index (Phi) is 6.45. The Bertz CT molecular complexity index is 973. The van der Waals surface area contributed by atoms with E-state index in [0.29, 0.717) is 22.7 Å². The number of carbonyl (C=O) groups is 2. The van der Waals surface area contributed by atoms with Crippen molar-refractivity contribution in [3.05, 3.63) is 88.4 Å². The second-order valence-electron chi connectivity index (χ2n) is 6.14. The molecule has 0 aromatic heterocycles. The van der Waals surface area contributed by atoms with E-state index in [0.717, 1.165) is 10.0 Å². The second kappa shape index (κ2) is 9.19. The van der Waals surface area contributed by atoms with Gasteiger partial charge in [-0.1, -0.05) is 34.1 Å². The molecule has 0 aliphatic rings. The molecule has 0 fully saturated rings. The van der Waals surface area contributed by atoms with Crippen LogP contribution in [0.5, 0.6) is 5.75 Å². The van der Waals surface area contributed by atoms with Gasteiger partial charge in [-0.2, -0.15) is 0 Å². The van der Waals surface area contributed by atoms with Gasteiger partial charge < -0.3 is 15.4 Å². The van der Waals surface area contributed by atoms with Gasteiger partial charge in [0.05, 0.1) is 0 Å². The third-order valence-electron chi connectivity index (χ3n) is 3.98. The lowest BCUT2D eigenvalue weighted by Crippen LogP contribution is -2.20. The number of aryl methyl sites for hydroxylation is 1. The quantitative estimate of drug-likeness (QED) is 0.567. The SMILES string of the molecule is Cc1cc(NC(=O)COc2ccc(Br)cc2)ccc1NC(=O)c1ccccc1. The van der Waals surface area contributed by atoms with Crippen LogP contribution in [-0.2, 0) is 4.79 Å². The zero-order chi connectivity index (χ0) is 19.9. The molecule has 5 nitrogen and oxygen atoms in total. The molecule has 0 radical (unpaired) electrons. The summed E-state index contributed by atoms with van der Waals surface area (Å²) in [7, 11) is 0. The Morgan fingerprint density at radius 2 is 1.64 bits per heavy atom. The molecule has 3 rings (SSSR count). The molecule has 0 saturated carbocycles. The summed E-state index contributed by atoms with van der Waals surface area (Å²) in [5, 5.41) is 5.67. The zero-order valence-electron chi connectivity index (χ0n) is 15.2. The van der Waals surface area contributed by atoms with Crippen molar-refractivity contribution >= 4 is 39.1 Å². The fraction of sp³-hybridized carbons (Fsp3) is 0.0909. The first kappa shape index (κ1) is 19.6. The molecule has 2 amide bonds. The van der Waals surface area contributed by atoms with Gasteiger partial charge in [-0.3, -0.25) is 9.59 Å². The highest BCUT2D eigenvalue weighted by Gasteiger charge is 2.09. The number of carbonyl (C=O) groups excluding carboxylic acids is 2. The van der Waals surface area contributed by atoms with Crippen LogP contribution in [0.1, 0.15) is 15.9 Å². The predicted octanol–water partition coefficient (Wildman–Crippen LogP) is 5.03. The van der Waals surface area contributed by atoms with E-state index in [9.17, 15) is 9.59 Å². The Balaban J connectivity index is 1.56. The molecule has 3 aromatic carbocycles. The van der Waals surface area contributed by atoms with Gasteiger partial charge in [-0.25, -0.2) is 0 Å².